The Kier molecular flexibility index (Phi) is 10.6. The largest absolute Gasteiger partial charge is 0.506 e. The average molecular weight is 783 g/mol. The third-order valence-corrected chi connectivity index (χ3v) is 12.6. The normalized spacial score (nSPS) is 17.1. The number of pyridine rings is 1. The lowest BCUT2D eigenvalue weighted by molar-refractivity contribution is -0.169. The predicted octanol–water partition coefficient (Wildman–Crippen LogP) is 5.78. The van der Waals surface area contributed by atoms with Crippen molar-refractivity contribution < 1.29 is 29.3 Å². The lowest BCUT2D eigenvalue weighted by atomic mass is 9.91. The standard InChI is InChI=1S/C40H42N6O7S2/c1-45(25-7-9-26(10-8-25)53-39(50)40(51,33-5-2-19-54-33)34-6-3-20-55-34)16-4-17-46-37-30(43-44-46)21-24(27-15-18-52-38(27)37)22-41-23-32(48)28-11-13-31(47)36-29(28)12-14-35(49)42-36/h2-3,5-6,11-15,18-21,25-26,32,41,47-48,51H,4,7-10,16-17,22-23H2,1H3,(H,42,49)/t25?,26?,32-/m0/s1. The summed E-state index contributed by atoms with van der Waals surface area (Å²) in [5.41, 5.74) is 1.99. The van der Waals surface area contributed by atoms with Gasteiger partial charge in [0.15, 0.2) is 5.58 Å². The van der Waals surface area contributed by atoms with Crippen LogP contribution in [0.3, 0.4) is 0 Å². The summed E-state index contributed by atoms with van der Waals surface area (Å²) in [6.07, 6.45) is 4.65. The Bertz CT molecular complexity index is 2430. The molecule has 5 aromatic heterocycles. The Morgan fingerprint density at radius 1 is 1.09 bits per heavy atom. The molecule has 0 unspecified atom stereocenters. The lowest BCUT2D eigenvalue weighted by Gasteiger charge is -2.35. The summed E-state index contributed by atoms with van der Waals surface area (Å²) in [6.45, 7) is 2.19. The van der Waals surface area contributed by atoms with Crippen LogP contribution in [-0.4, -0.2) is 78.4 Å². The first-order chi connectivity index (χ1) is 26.7. The van der Waals surface area contributed by atoms with E-state index in [1.54, 1.807) is 30.5 Å². The van der Waals surface area contributed by atoms with E-state index >= 15 is 0 Å². The molecule has 1 saturated carbocycles. The number of aromatic nitrogens is 4. The van der Waals surface area contributed by atoms with Gasteiger partial charge in [0.25, 0.3) is 0 Å². The molecular formula is C40H42N6O7S2. The van der Waals surface area contributed by atoms with Gasteiger partial charge in [0.1, 0.15) is 22.9 Å². The van der Waals surface area contributed by atoms with Gasteiger partial charge in [-0.3, -0.25) is 4.79 Å². The number of nitrogens with zero attached hydrogens (tertiary/aromatic N) is 4. The minimum atomic E-state index is -1.79. The minimum absolute atomic E-state index is 0.0532. The number of thiophene rings is 2. The fourth-order valence-corrected chi connectivity index (χ4v) is 9.45. The number of aliphatic hydroxyl groups is 2. The lowest BCUT2D eigenvalue weighted by Crippen LogP contribution is -2.42. The first kappa shape index (κ1) is 37.0. The van der Waals surface area contributed by atoms with Crippen LogP contribution in [0.15, 0.2) is 86.9 Å². The third kappa shape index (κ3) is 7.31. The van der Waals surface area contributed by atoms with Crippen LogP contribution in [0.2, 0.25) is 0 Å². The summed E-state index contributed by atoms with van der Waals surface area (Å²) in [4.78, 5) is 31.4. The summed E-state index contributed by atoms with van der Waals surface area (Å²) < 4.78 is 13.8. The molecule has 0 amide bonds. The predicted molar refractivity (Wildman–Crippen MR) is 211 cm³/mol. The second kappa shape index (κ2) is 15.7. The van der Waals surface area contributed by atoms with Crippen molar-refractivity contribution >= 4 is 61.5 Å². The molecule has 286 valence electrons. The number of aromatic amines is 1. The van der Waals surface area contributed by atoms with Gasteiger partial charge in [0.2, 0.25) is 11.2 Å². The smallest absolute Gasteiger partial charge is 0.349 e. The third-order valence-electron chi connectivity index (χ3n) is 10.7. The van der Waals surface area contributed by atoms with E-state index in [4.69, 9.17) is 9.15 Å². The van der Waals surface area contributed by atoms with Crippen molar-refractivity contribution in [3.63, 3.8) is 0 Å². The fourth-order valence-electron chi connectivity index (χ4n) is 7.74. The number of H-pyrrole nitrogens is 1. The number of benzene rings is 2. The van der Waals surface area contributed by atoms with Gasteiger partial charge < -0.3 is 39.7 Å². The zero-order chi connectivity index (χ0) is 38.1. The van der Waals surface area contributed by atoms with Crippen molar-refractivity contribution in [2.24, 2.45) is 0 Å². The van der Waals surface area contributed by atoms with Crippen LogP contribution in [0.1, 0.15) is 59.1 Å². The van der Waals surface area contributed by atoms with E-state index in [9.17, 15) is 24.9 Å². The Balaban J connectivity index is 0.847. The maximum atomic E-state index is 13.4. The molecule has 0 aliphatic heterocycles. The number of aromatic hydroxyl groups is 1. The number of fused-ring (bicyclic) bond motifs is 4. The molecule has 5 heterocycles. The van der Waals surface area contributed by atoms with Crippen molar-refractivity contribution in [2.75, 3.05) is 20.1 Å². The van der Waals surface area contributed by atoms with Gasteiger partial charge in [0.05, 0.1) is 27.6 Å². The molecule has 5 N–H and O–H groups in total. The van der Waals surface area contributed by atoms with Crippen molar-refractivity contribution in [2.45, 2.75) is 69.0 Å². The number of hydrogen-bond acceptors (Lipinski definition) is 13. The molecule has 8 rings (SSSR count). The molecule has 15 heteroatoms. The first-order valence-electron chi connectivity index (χ1n) is 18.4. The number of phenolic OH excluding ortho intramolecular Hbond substituents is 1. The van der Waals surface area contributed by atoms with E-state index < -0.39 is 17.7 Å². The van der Waals surface area contributed by atoms with Gasteiger partial charge >= 0.3 is 5.97 Å². The number of furan rings is 1. The topological polar surface area (TPSA) is 179 Å². The Hall–Kier alpha value is -4.90. The van der Waals surface area contributed by atoms with Gasteiger partial charge in [-0.15, -0.1) is 27.8 Å². The molecular weight excluding hydrogens is 741 g/mol. The molecule has 2 aromatic carbocycles. The average Bonchev–Trinajstić information content (AvgIpc) is 4.03. The van der Waals surface area contributed by atoms with Crippen LogP contribution in [-0.2, 0) is 28.2 Å². The molecule has 0 spiro atoms. The monoisotopic (exact) mass is 782 g/mol. The number of esters is 1. The number of carbonyl (C=O) groups excluding carboxylic acids is 1. The molecule has 1 aliphatic carbocycles. The molecule has 1 fully saturated rings. The van der Waals surface area contributed by atoms with Crippen molar-refractivity contribution in [1.82, 2.24) is 30.2 Å². The Labute approximate surface area is 323 Å². The fraction of sp³-hybridized carbons (Fsp3) is 0.350. The molecule has 13 nitrogen and oxygen atoms in total. The highest BCUT2D eigenvalue weighted by atomic mass is 32.1. The highest BCUT2D eigenvalue weighted by molar-refractivity contribution is 7.12. The quantitative estimate of drug-likeness (QED) is 0.0845. The van der Waals surface area contributed by atoms with Gasteiger partial charge in [-0.05, 0) is 104 Å². The van der Waals surface area contributed by atoms with Crippen LogP contribution < -0.4 is 10.9 Å². The molecule has 55 heavy (non-hydrogen) atoms. The molecule has 1 aliphatic rings. The highest BCUT2D eigenvalue weighted by Gasteiger charge is 2.45. The molecule has 0 bridgehead atoms. The summed E-state index contributed by atoms with van der Waals surface area (Å²) >= 11 is 2.69. The van der Waals surface area contributed by atoms with Crippen LogP contribution >= 0.6 is 22.7 Å². The summed E-state index contributed by atoms with van der Waals surface area (Å²) in [5, 5.41) is 50.3. The molecule has 1 atom stereocenters. The van der Waals surface area contributed by atoms with Gasteiger partial charge in [0, 0.05) is 42.5 Å². The van der Waals surface area contributed by atoms with E-state index in [1.807, 2.05) is 39.7 Å². The van der Waals surface area contributed by atoms with E-state index in [1.165, 1.54) is 34.8 Å². The Morgan fingerprint density at radius 2 is 1.85 bits per heavy atom. The van der Waals surface area contributed by atoms with E-state index in [0.717, 1.165) is 60.6 Å². The number of rotatable bonds is 14. The van der Waals surface area contributed by atoms with Gasteiger partial charge in [-0.25, -0.2) is 9.48 Å². The number of hydrogen-bond donors (Lipinski definition) is 5. The van der Waals surface area contributed by atoms with Crippen LogP contribution in [0, 0.1) is 0 Å². The van der Waals surface area contributed by atoms with E-state index in [2.05, 4.69) is 32.6 Å². The number of nitrogens with one attached hydrogen (secondary N) is 2. The zero-order valence-corrected chi connectivity index (χ0v) is 31.8. The molecule has 7 aromatic rings. The van der Waals surface area contributed by atoms with Gasteiger partial charge in [-0.2, -0.15) is 0 Å². The Morgan fingerprint density at radius 3 is 2.58 bits per heavy atom. The number of phenols is 1. The van der Waals surface area contributed by atoms with Crippen LogP contribution in [0.5, 0.6) is 5.75 Å². The number of ether oxygens (including phenoxy) is 1. The molecule has 0 radical (unpaired) electrons. The summed E-state index contributed by atoms with van der Waals surface area (Å²) in [5.74, 6) is -0.662. The second-order valence-corrected chi connectivity index (χ2v) is 16.0. The molecule has 0 saturated heterocycles. The summed E-state index contributed by atoms with van der Waals surface area (Å²) in [6, 6.07) is 17.6. The van der Waals surface area contributed by atoms with Crippen LogP contribution in [0.4, 0.5) is 0 Å². The highest BCUT2D eigenvalue weighted by Crippen LogP contribution is 2.38. The van der Waals surface area contributed by atoms with Gasteiger partial charge in [-0.1, -0.05) is 23.4 Å². The summed E-state index contributed by atoms with van der Waals surface area (Å²) in [7, 11) is 2.13. The van der Waals surface area contributed by atoms with Crippen molar-refractivity contribution in [3.8, 4) is 5.75 Å². The number of carbonyl (C=O) groups is 1. The number of aryl methyl sites for hydroxylation is 1. The maximum absolute atomic E-state index is 13.4. The van der Waals surface area contributed by atoms with E-state index in [-0.39, 0.29) is 24.0 Å². The van der Waals surface area contributed by atoms with E-state index in [0.29, 0.717) is 50.9 Å². The first-order valence-corrected chi connectivity index (χ1v) is 20.1. The van der Waals surface area contributed by atoms with Crippen molar-refractivity contribution in [3.05, 3.63) is 109 Å². The number of aliphatic hydroxyl groups excluding tert-OH is 1. The SMILES string of the molecule is CN(CCCn1nnc2cc(CNC[C@H](O)c3ccc(O)c4[nH]c(=O)ccc34)c3ccoc3c21)C1CCC(OC(=O)C(O)(c2cccs2)c2cccs2)CC1. The van der Waals surface area contributed by atoms with Crippen molar-refractivity contribution in [1.29, 1.82) is 0 Å². The second-order valence-electron chi connectivity index (χ2n) is 14.1. The maximum Gasteiger partial charge on any atom is 0.349 e. The minimum Gasteiger partial charge on any atom is -0.506 e. The zero-order valence-electron chi connectivity index (χ0n) is 30.2. The van der Waals surface area contributed by atoms with Crippen LogP contribution in [0.25, 0.3) is 32.9 Å².